The van der Waals surface area contributed by atoms with Gasteiger partial charge in [-0.2, -0.15) is 0 Å². The Morgan fingerprint density at radius 2 is 2.00 bits per heavy atom. The molecule has 2 rings (SSSR count). The van der Waals surface area contributed by atoms with Crippen molar-refractivity contribution in [3.05, 3.63) is 0 Å². The molecule has 14 heavy (non-hydrogen) atoms. The van der Waals surface area contributed by atoms with Crippen molar-refractivity contribution >= 4 is 5.91 Å². The Hall–Kier alpha value is -0.670. The molecule has 4 heteroatoms. The van der Waals surface area contributed by atoms with E-state index in [4.69, 9.17) is 0 Å². The fourth-order valence-corrected chi connectivity index (χ4v) is 2.25. The SMILES string of the molecule is CC(C)C(=O)N1CCC2(C1)CC2(F)F. The van der Waals surface area contributed by atoms with Gasteiger partial charge in [0.25, 0.3) is 5.92 Å². The van der Waals surface area contributed by atoms with E-state index < -0.39 is 11.3 Å². The summed E-state index contributed by atoms with van der Waals surface area (Å²) in [5.41, 5.74) is -0.850. The number of amides is 1. The van der Waals surface area contributed by atoms with E-state index in [0.717, 1.165) is 0 Å². The highest BCUT2D eigenvalue weighted by Gasteiger charge is 2.72. The standard InChI is InChI=1S/C10H15F2NO/c1-7(2)8(14)13-4-3-9(6-13)5-10(9,11)12/h7H,3-6H2,1-2H3. The van der Waals surface area contributed by atoms with Crippen molar-refractivity contribution in [3.8, 4) is 0 Å². The molecule has 1 saturated heterocycles. The summed E-state index contributed by atoms with van der Waals surface area (Å²) in [6, 6.07) is 0. The van der Waals surface area contributed by atoms with Gasteiger partial charge in [-0.15, -0.1) is 0 Å². The maximum Gasteiger partial charge on any atom is 0.256 e. The fraction of sp³-hybridized carbons (Fsp3) is 0.900. The highest BCUT2D eigenvalue weighted by atomic mass is 19.3. The van der Waals surface area contributed by atoms with Crippen molar-refractivity contribution in [2.45, 2.75) is 32.6 Å². The molecule has 1 saturated carbocycles. The molecule has 1 aliphatic heterocycles. The van der Waals surface area contributed by atoms with Crippen LogP contribution in [0.1, 0.15) is 26.7 Å². The monoisotopic (exact) mass is 203 g/mol. The molecular formula is C10H15F2NO. The molecule has 2 nitrogen and oxygen atoms in total. The van der Waals surface area contributed by atoms with Gasteiger partial charge in [0.15, 0.2) is 0 Å². The number of alkyl halides is 2. The molecule has 1 aliphatic carbocycles. The van der Waals surface area contributed by atoms with Crippen LogP contribution in [0.5, 0.6) is 0 Å². The highest BCUT2D eigenvalue weighted by Crippen LogP contribution is 2.65. The number of carbonyl (C=O) groups excluding carboxylic acids is 1. The minimum Gasteiger partial charge on any atom is -0.342 e. The molecule has 1 spiro atoms. The molecule has 2 aliphatic rings. The lowest BCUT2D eigenvalue weighted by Gasteiger charge is -2.18. The molecule has 0 bridgehead atoms. The lowest BCUT2D eigenvalue weighted by Crippen LogP contribution is -2.33. The zero-order valence-corrected chi connectivity index (χ0v) is 8.52. The number of hydrogen-bond donors (Lipinski definition) is 0. The van der Waals surface area contributed by atoms with Crippen molar-refractivity contribution in [2.24, 2.45) is 11.3 Å². The third kappa shape index (κ3) is 1.23. The molecule has 0 radical (unpaired) electrons. The molecule has 80 valence electrons. The second-order valence-corrected chi connectivity index (χ2v) is 4.83. The van der Waals surface area contributed by atoms with Crippen molar-refractivity contribution in [1.82, 2.24) is 4.90 Å². The molecule has 0 N–H and O–H groups in total. The van der Waals surface area contributed by atoms with Gasteiger partial charge >= 0.3 is 0 Å². The van der Waals surface area contributed by atoms with E-state index in [9.17, 15) is 13.6 Å². The van der Waals surface area contributed by atoms with E-state index in [-0.39, 0.29) is 24.8 Å². The summed E-state index contributed by atoms with van der Waals surface area (Å²) in [7, 11) is 0. The third-order valence-corrected chi connectivity index (χ3v) is 3.37. The zero-order chi connectivity index (χ0) is 10.6. The first kappa shape index (κ1) is 9.87. The molecule has 0 aromatic rings. The molecule has 1 atom stereocenters. The Morgan fingerprint density at radius 3 is 2.36 bits per heavy atom. The lowest BCUT2D eigenvalue weighted by molar-refractivity contribution is -0.133. The first-order chi connectivity index (χ1) is 6.38. The summed E-state index contributed by atoms with van der Waals surface area (Å²) in [6.07, 6.45) is 0.445. The fourth-order valence-electron chi connectivity index (χ4n) is 2.25. The molecular weight excluding hydrogens is 188 g/mol. The normalized spacial score (nSPS) is 34.2. The van der Waals surface area contributed by atoms with Gasteiger partial charge in [0.05, 0.1) is 5.41 Å². The molecule has 1 amide bonds. The van der Waals surface area contributed by atoms with Crippen molar-refractivity contribution in [2.75, 3.05) is 13.1 Å². The number of nitrogens with zero attached hydrogens (tertiary/aromatic N) is 1. The van der Waals surface area contributed by atoms with Crippen molar-refractivity contribution in [1.29, 1.82) is 0 Å². The largest absolute Gasteiger partial charge is 0.342 e. The van der Waals surface area contributed by atoms with Crippen LogP contribution in [-0.4, -0.2) is 29.8 Å². The topological polar surface area (TPSA) is 20.3 Å². The summed E-state index contributed by atoms with van der Waals surface area (Å²) in [4.78, 5) is 13.1. The minimum atomic E-state index is -2.51. The smallest absolute Gasteiger partial charge is 0.256 e. The number of carbonyl (C=O) groups is 1. The van der Waals surface area contributed by atoms with Crippen molar-refractivity contribution in [3.63, 3.8) is 0 Å². The van der Waals surface area contributed by atoms with Crippen LogP contribution >= 0.6 is 0 Å². The van der Waals surface area contributed by atoms with E-state index in [0.29, 0.717) is 13.0 Å². The van der Waals surface area contributed by atoms with Crippen LogP contribution in [0.15, 0.2) is 0 Å². The second kappa shape index (κ2) is 2.67. The highest BCUT2D eigenvalue weighted by molar-refractivity contribution is 5.78. The van der Waals surface area contributed by atoms with Crippen LogP contribution in [0.2, 0.25) is 0 Å². The minimum absolute atomic E-state index is 0.00424. The zero-order valence-electron chi connectivity index (χ0n) is 8.52. The summed E-state index contributed by atoms with van der Waals surface area (Å²) in [5.74, 6) is -2.60. The Balaban J connectivity index is 2.00. The van der Waals surface area contributed by atoms with E-state index in [2.05, 4.69) is 0 Å². The molecule has 0 aromatic heterocycles. The number of rotatable bonds is 1. The van der Waals surface area contributed by atoms with Crippen LogP contribution in [0.3, 0.4) is 0 Å². The number of halogens is 2. The van der Waals surface area contributed by atoms with Gasteiger partial charge in [-0.05, 0) is 6.42 Å². The van der Waals surface area contributed by atoms with Crippen molar-refractivity contribution < 1.29 is 13.6 Å². The first-order valence-electron chi connectivity index (χ1n) is 5.05. The van der Waals surface area contributed by atoms with Gasteiger partial charge in [0.1, 0.15) is 0 Å². The van der Waals surface area contributed by atoms with Gasteiger partial charge in [-0.25, -0.2) is 8.78 Å². The quantitative estimate of drug-likeness (QED) is 0.637. The maximum atomic E-state index is 13.0. The molecule has 1 heterocycles. The Morgan fingerprint density at radius 1 is 1.43 bits per heavy atom. The summed E-state index contributed by atoms with van der Waals surface area (Å²) < 4.78 is 26.0. The van der Waals surface area contributed by atoms with E-state index in [1.807, 2.05) is 0 Å². The Kier molecular flexibility index (Phi) is 1.88. The number of likely N-dealkylation sites (tertiary alicyclic amines) is 1. The average Bonchev–Trinajstić information content (AvgIpc) is 2.47. The number of hydrogen-bond acceptors (Lipinski definition) is 1. The first-order valence-corrected chi connectivity index (χ1v) is 5.05. The predicted molar refractivity (Wildman–Crippen MR) is 48.0 cm³/mol. The van der Waals surface area contributed by atoms with E-state index in [1.165, 1.54) is 0 Å². The van der Waals surface area contributed by atoms with E-state index >= 15 is 0 Å². The van der Waals surface area contributed by atoms with Crippen LogP contribution in [0.4, 0.5) is 8.78 Å². The van der Waals surface area contributed by atoms with Crippen LogP contribution in [-0.2, 0) is 4.79 Å². The Bertz CT molecular complexity index is 277. The van der Waals surface area contributed by atoms with Crippen LogP contribution < -0.4 is 0 Å². The maximum absolute atomic E-state index is 13.0. The average molecular weight is 203 g/mol. The van der Waals surface area contributed by atoms with Gasteiger partial charge in [-0.3, -0.25) is 4.79 Å². The predicted octanol–water partition coefficient (Wildman–Crippen LogP) is 1.90. The lowest BCUT2D eigenvalue weighted by atomic mass is 10.1. The summed E-state index contributed by atoms with van der Waals surface area (Å²) >= 11 is 0. The Labute approximate surface area is 82.3 Å². The van der Waals surface area contributed by atoms with Crippen LogP contribution in [0.25, 0.3) is 0 Å². The van der Waals surface area contributed by atoms with Crippen LogP contribution in [0, 0.1) is 11.3 Å². The summed E-state index contributed by atoms with van der Waals surface area (Å²) in [6.45, 7) is 4.38. The molecule has 2 fully saturated rings. The van der Waals surface area contributed by atoms with E-state index in [1.54, 1.807) is 18.7 Å². The second-order valence-electron chi connectivity index (χ2n) is 4.83. The van der Waals surface area contributed by atoms with Gasteiger partial charge in [0.2, 0.25) is 5.91 Å². The summed E-state index contributed by atoms with van der Waals surface area (Å²) in [5, 5.41) is 0. The molecule has 1 unspecified atom stereocenters. The van der Waals surface area contributed by atoms with Gasteiger partial charge in [-0.1, -0.05) is 13.8 Å². The third-order valence-electron chi connectivity index (χ3n) is 3.37. The van der Waals surface area contributed by atoms with Gasteiger partial charge < -0.3 is 4.90 Å². The molecule has 0 aromatic carbocycles. The van der Waals surface area contributed by atoms with Gasteiger partial charge in [0, 0.05) is 25.4 Å².